The molecular formula is C11H15BrN2OS. The minimum Gasteiger partial charge on any atom is -0.389 e. The summed E-state index contributed by atoms with van der Waals surface area (Å²) in [5, 5.41) is 3.30. The van der Waals surface area contributed by atoms with Crippen molar-refractivity contribution in [3.8, 4) is 0 Å². The molecule has 0 aliphatic heterocycles. The Kier molecular flexibility index (Phi) is 5.73. The van der Waals surface area contributed by atoms with Crippen molar-refractivity contribution in [1.29, 1.82) is 0 Å². The number of anilines is 1. The first kappa shape index (κ1) is 13.4. The van der Waals surface area contributed by atoms with Crippen LogP contribution in [0.4, 0.5) is 5.69 Å². The first-order valence-corrected chi connectivity index (χ1v) is 6.17. The molecule has 88 valence electrons. The number of halogens is 1. The molecule has 0 bridgehead atoms. The number of hydrogen-bond donors (Lipinski definition) is 2. The highest BCUT2D eigenvalue weighted by Crippen LogP contribution is 2.23. The smallest absolute Gasteiger partial charge is 0.104 e. The van der Waals surface area contributed by atoms with Gasteiger partial charge in [-0.05, 0) is 40.5 Å². The molecule has 0 amide bonds. The number of ether oxygens (including phenoxy) is 1. The van der Waals surface area contributed by atoms with Crippen LogP contribution >= 0.6 is 28.1 Å². The first-order valence-electron chi connectivity index (χ1n) is 4.97. The number of thiocarbonyl (C=S) groups is 1. The standard InChI is InChI=1S/C11H15BrN2OS/c1-15-6-2-5-14-10-4-3-8(11(13)16)7-9(10)12/h3-4,7,14H,2,5-6H2,1H3,(H2,13,16). The van der Waals surface area contributed by atoms with E-state index in [0.29, 0.717) is 4.99 Å². The number of rotatable bonds is 6. The summed E-state index contributed by atoms with van der Waals surface area (Å²) in [5.74, 6) is 0. The Labute approximate surface area is 109 Å². The zero-order valence-corrected chi connectivity index (χ0v) is 11.5. The number of hydrogen-bond acceptors (Lipinski definition) is 3. The SMILES string of the molecule is COCCCNc1ccc(C(N)=S)cc1Br. The van der Waals surface area contributed by atoms with Crippen LogP contribution in [-0.4, -0.2) is 25.2 Å². The topological polar surface area (TPSA) is 47.3 Å². The van der Waals surface area contributed by atoms with Crippen molar-refractivity contribution >= 4 is 38.8 Å². The van der Waals surface area contributed by atoms with Crippen molar-refractivity contribution in [3.05, 3.63) is 28.2 Å². The summed E-state index contributed by atoms with van der Waals surface area (Å²) in [6, 6.07) is 5.79. The van der Waals surface area contributed by atoms with E-state index in [9.17, 15) is 0 Å². The van der Waals surface area contributed by atoms with Gasteiger partial charge in [0.15, 0.2) is 0 Å². The third-order valence-corrected chi connectivity index (χ3v) is 2.99. The summed E-state index contributed by atoms with van der Waals surface area (Å²) in [4.78, 5) is 0.409. The highest BCUT2D eigenvalue weighted by atomic mass is 79.9. The molecule has 1 aromatic rings. The molecule has 0 heterocycles. The molecule has 1 aromatic carbocycles. The van der Waals surface area contributed by atoms with Gasteiger partial charge in [-0.2, -0.15) is 0 Å². The molecule has 0 aliphatic rings. The highest BCUT2D eigenvalue weighted by Gasteiger charge is 2.02. The number of nitrogens with one attached hydrogen (secondary N) is 1. The van der Waals surface area contributed by atoms with E-state index in [2.05, 4.69) is 21.2 Å². The van der Waals surface area contributed by atoms with Crippen molar-refractivity contribution in [1.82, 2.24) is 0 Å². The van der Waals surface area contributed by atoms with Crippen LogP contribution in [0.1, 0.15) is 12.0 Å². The van der Waals surface area contributed by atoms with Crippen molar-refractivity contribution < 1.29 is 4.74 Å². The Balaban J connectivity index is 2.57. The molecule has 0 aromatic heterocycles. The van der Waals surface area contributed by atoms with Crippen molar-refractivity contribution in [2.45, 2.75) is 6.42 Å². The molecule has 0 saturated heterocycles. The summed E-state index contributed by atoms with van der Waals surface area (Å²) in [7, 11) is 1.70. The average Bonchev–Trinajstić information content (AvgIpc) is 2.26. The van der Waals surface area contributed by atoms with Crippen LogP contribution in [0.25, 0.3) is 0 Å². The molecule has 0 spiro atoms. The van der Waals surface area contributed by atoms with Gasteiger partial charge in [0, 0.05) is 36.0 Å². The quantitative estimate of drug-likeness (QED) is 0.626. The van der Waals surface area contributed by atoms with Gasteiger partial charge in [-0.15, -0.1) is 0 Å². The lowest BCUT2D eigenvalue weighted by Crippen LogP contribution is -2.10. The van der Waals surface area contributed by atoms with Crippen LogP contribution in [0.15, 0.2) is 22.7 Å². The first-order chi connectivity index (χ1) is 7.65. The second-order valence-corrected chi connectivity index (χ2v) is 4.63. The normalized spacial score (nSPS) is 10.1. The summed E-state index contributed by atoms with van der Waals surface area (Å²) < 4.78 is 5.94. The molecule has 0 saturated carbocycles. The Hall–Kier alpha value is -0.650. The number of nitrogens with two attached hydrogens (primary N) is 1. The van der Waals surface area contributed by atoms with E-state index in [1.807, 2.05) is 18.2 Å². The molecule has 0 unspecified atom stereocenters. The van der Waals surface area contributed by atoms with Crippen molar-refractivity contribution in [3.63, 3.8) is 0 Å². The Morgan fingerprint density at radius 1 is 1.56 bits per heavy atom. The van der Waals surface area contributed by atoms with Gasteiger partial charge in [-0.3, -0.25) is 0 Å². The van der Waals surface area contributed by atoms with E-state index < -0.39 is 0 Å². The second-order valence-electron chi connectivity index (χ2n) is 3.33. The maximum absolute atomic E-state index is 5.55. The van der Waals surface area contributed by atoms with Gasteiger partial charge in [0.25, 0.3) is 0 Å². The summed E-state index contributed by atoms with van der Waals surface area (Å²) in [6.45, 7) is 1.63. The third-order valence-electron chi connectivity index (χ3n) is 2.09. The summed E-state index contributed by atoms with van der Waals surface area (Å²) in [5.41, 5.74) is 7.45. The maximum atomic E-state index is 5.55. The molecule has 3 nitrogen and oxygen atoms in total. The third kappa shape index (κ3) is 4.08. The van der Waals surface area contributed by atoms with E-state index in [1.165, 1.54) is 0 Å². The average molecular weight is 303 g/mol. The van der Waals surface area contributed by atoms with Gasteiger partial charge in [0.2, 0.25) is 0 Å². The zero-order valence-electron chi connectivity index (χ0n) is 9.13. The van der Waals surface area contributed by atoms with Crippen molar-refractivity contribution in [2.75, 3.05) is 25.6 Å². The fourth-order valence-electron chi connectivity index (χ4n) is 1.25. The van der Waals surface area contributed by atoms with Gasteiger partial charge in [-0.25, -0.2) is 0 Å². The lowest BCUT2D eigenvalue weighted by Gasteiger charge is -2.09. The van der Waals surface area contributed by atoms with Crippen LogP contribution in [0.3, 0.4) is 0 Å². The maximum Gasteiger partial charge on any atom is 0.104 e. The molecular weight excluding hydrogens is 288 g/mol. The van der Waals surface area contributed by atoms with Gasteiger partial charge in [0.1, 0.15) is 4.99 Å². The summed E-state index contributed by atoms with van der Waals surface area (Å²) in [6.07, 6.45) is 0.972. The van der Waals surface area contributed by atoms with Gasteiger partial charge in [0.05, 0.1) is 0 Å². The molecule has 3 N–H and O–H groups in total. The molecule has 0 aliphatic carbocycles. The van der Waals surface area contributed by atoms with Crippen molar-refractivity contribution in [2.24, 2.45) is 5.73 Å². The lowest BCUT2D eigenvalue weighted by molar-refractivity contribution is 0.198. The molecule has 0 atom stereocenters. The Morgan fingerprint density at radius 2 is 2.31 bits per heavy atom. The second kappa shape index (κ2) is 6.83. The van der Waals surface area contributed by atoms with E-state index in [4.69, 9.17) is 22.7 Å². The largest absolute Gasteiger partial charge is 0.389 e. The van der Waals surface area contributed by atoms with Crippen LogP contribution in [0, 0.1) is 0 Å². The van der Waals surface area contributed by atoms with E-state index in [1.54, 1.807) is 7.11 Å². The molecule has 0 fully saturated rings. The van der Waals surface area contributed by atoms with Gasteiger partial charge < -0.3 is 15.8 Å². The predicted molar refractivity (Wildman–Crippen MR) is 75.0 cm³/mol. The molecule has 16 heavy (non-hydrogen) atoms. The Bertz CT molecular complexity index is 371. The minimum absolute atomic E-state index is 0.409. The van der Waals surface area contributed by atoms with Crippen LogP contribution < -0.4 is 11.1 Å². The molecule has 5 heteroatoms. The minimum atomic E-state index is 0.409. The van der Waals surface area contributed by atoms with Gasteiger partial charge >= 0.3 is 0 Å². The van der Waals surface area contributed by atoms with E-state index >= 15 is 0 Å². The summed E-state index contributed by atoms with van der Waals surface area (Å²) >= 11 is 8.38. The highest BCUT2D eigenvalue weighted by molar-refractivity contribution is 9.10. The fourth-order valence-corrected chi connectivity index (χ4v) is 1.90. The lowest BCUT2D eigenvalue weighted by atomic mass is 10.2. The van der Waals surface area contributed by atoms with Crippen LogP contribution in [-0.2, 0) is 4.74 Å². The number of benzene rings is 1. The zero-order chi connectivity index (χ0) is 12.0. The predicted octanol–water partition coefficient (Wildman–Crippen LogP) is 2.53. The fraction of sp³-hybridized carbons (Fsp3) is 0.364. The van der Waals surface area contributed by atoms with E-state index in [0.717, 1.165) is 35.3 Å². The number of methoxy groups -OCH3 is 1. The van der Waals surface area contributed by atoms with E-state index in [-0.39, 0.29) is 0 Å². The molecule has 1 rings (SSSR count). The van der Waals surface area contributed by atoms with Crippen LogP contribution in [0.2, 0.25) is 0 Å². The Morgan fingerprint density at radius 3 is 2.88 bits per heavy atom. The van der Waals surface area contributed by atoms with Gasteiger partial charge in [-0.1, -0.05) is 12.2 Å². The monoisotopic (exact) mass is 302 g/mol. The van der Waals surface area contributed by atoms with Crippen LogP contribution in [0.5, 0.6) is 0 Å². The molecule has 0 radical (unpaired) electrons.